The minimum atomic E-state index is -0.619. The molecule has 0 radical (unpaired) electrons. The number of carbonyl (C=O) groups is 1. The lowest BCUT2D eigenvalue weighted by molar-refractivity contribution is -0.123. The van der Waals surface area contributed by atoms with E-state index in [0.717, 1.165) is 63.0 Å². The Labute approximate surface area is 137 Å². The van der Waals surface area contributed by atoms with Gasteiger partial charge in [0.15, 0.2) is 0 Å². The van der Waals surface area contributed by atoms with E-state index in [-0.39, 0.29) is 5.91 Å². The van der Waals surface area contributed by atoms with Crippen LogP contribution in [0.1, 0.15) is 55.8 Å². The lowest BCUT2D eigenvalue weighted by atomic mass is 9.94. The van der Waals surface area contributed by atoms with Crippen LogP contribution >= 0.6 is 0 Å². The number of nitrogens with one attached hydrogen (secondary N) is 2. The van der Waals surface area contributed by atoms with Gasteiger partial charge in [0.1, 0.15) is 5.54 Å². The zero-order chi connectivity index (χ0) is 16.3. The van der Waals surface area contributed by atoms with Crippen LogP contribution in [0.25, 0.3) is 0 Å². The molecule has 23 heavy (non-hydrogen) atoms. The molecule has 1 amide bonds. The number of nitriles is 1. The number of piperidine rings is 1. The number of aromatic nitrogens is 2. The maximum absolute atomic E-state index is 12.4. The highest BCUT2D eigenvalue weighted by Crippen LogP contribution is 2.29. The molecule has 0 spiro atoms. The van der Waals surface area contributed by atoms with Crippen molar-refractivity contribution in [2.45, 2.75) is 56.9 Å². The SMILES string of the molecule is Cc1cc([C@@H]2CCCN(CC(=O)NC3(C#N)CCCC3)C2)n[nH]1. The third-order valence-electron chi connectivity index (χ3n) is 5.07. The van der Waals surface area contributed by atoms with Gasteiger partial charge in [0.25, 0.3) is 0 Å². The van der Waals surface area contributed by atoms with Crippen molar-refractivity contribution in [1.82, 2.24) is 20.4 Å². The molecule has 2 fully saturated rings. The van der Waals surface area contributed by atoms with Crippen LogP contribution < -0.4 is 5.32 Å². The number of nitrogens with zero attached hydrogens (tertiary/aromatic N) is 3. The van der Waals surface area contributed by atoms with Gasteiger partial charge in [-0.1, -0.05) is 0 Å². The first-order valence-electron chi connectivity index (χ1n) is 8.57. The Morgan fingerprint density at radius 1 is 1.52 bits per heavy atom. The second kappa shape index (κ2) is 6.71. The van der Waals surface area contributed by atoms with Crippen molar-refractivity contribution in [3.8, 4) is 6.07 Å². The largest absolute Gasteiger partial charge is 0.337 e. The van der Waals surface area contributed by atoms with E-state index in [1.165, 1.54) is 0 Å². The molecule has 1 aliphatic heterocycles. The first-order valence-corrected chi connectivity index (χ1v) is 8.57. The van der Waals surface area contributed by atoms with Gasteiger partial charge < -0.3 is 5.32 Å². The van der Waals surface area contributed by atoms with Crippen LogP contribution in [0, 0.1) is 18.3 Å². The highest BCUT2D eigenvalue weighted by molar-refractivity contribution is 5.79. The molecule has 0 bridgehead atoms. The molecule has 0 unspecified atom stereocenters. The number of aromatic amines is 1. The zero-order valence-corrected chi connectivity index (χ0v) is 13.8. The van der Waals surface area contributed by atoms with E-state index in [4.69, 9.17) is 0 Å². The van der Waals surface area contributed by atoms with Crippen molar-refractivity contribution in [2.75, 3.05) is 19.6 Å². The van der Waals surface area contributed by atoms with Gasteiger partial charge in [-0.05, 0) is 58.1 Å². The quantitative estimate of drug-likeness (QED) is 0.888. The van der Waals surface area contributed by atoms with Crippen LogP contribution in [0.5, 0.6) is 0 Å². The predicted octanol–water partition coefficient (Wildman–Crippen LogP) is 1.85. The summed E-state index contributed by atoms with van der Waals surface area (Å²) < 4.78 is 0. The molecule has 6 nitrogen and oxygen atoms in total. The summed E-state index contributed by atoms with van der Waals surface area (Å²) >= 11 is 0. The summed E-state index contributed by atoms with van der Waals surface area (Å²) in [4.78, 5) is 14.5. The molecule has 1 aromatic rings. The highest BCUT2D eigenvalue weighted by Gasteiger charge is 2.36. The van der Waals surface area contributed by atoms with Gasteiger partial charge in [-0.3, -0.25) is 14.8 Å². The Morgan fingerprint density at radius 3 is 2.96 bits per heavy atom. The van der Waals surface area contributed by atoms with E-state index in [0.29, 0.717) is 12.5 Å². The van der Waals surface area contributed by atoms with E-state index in [1.807, 2.05) is 6.92 Å². The molecule has 1 aliphatic carbocycles. The van der Waals surface area contributed by atoms with Gasteiger partial charge in [-0.2, -0.15) is 10.4 Å². The molecule has 2 aliphatic rings. The van der Waals surface area contributed by atoms with E-state index in [9.17, 15) is 10.1 Å². The number of amides is 1. The van der Waals surface area contributed by atoms with E-state index in [2.05, 4.69) is 32.5 Å². The number of carbonyl (C=O) groups excluding carboxylic acids is 1. The average molecular weight is 315 g/mol. The second-order valence-corrected chi connectivity index (χ2v) is 7.00. The van der Waals surface area contributed by atoms with Crippen LogP contribution in [-0.4, -0.2) is 46.2 Å². The summed E-state index contributed by atoms with van der Waals surface area (Å²) in [5, 5.41) is 19.7. The second-order valence-electron chi connectivity index (χ2n) is 7.00. The number of aryl methyl sites for hydroxylation is 1. The van der Waals surface area contributed by atoms with Crippen molar-refractivity contribution in [3.63, 3.8) is 0 Å². The van der Waals surface area contributed by atoms with Gasteiger partial charge >= 0.3 is 0 Å². The molecule has 1 aromatic heterocycles. The summed E-state index contributed by atoms with van der Waals surface area (Å²) in [5.74, 6) is 0.366. The number of likely N-dealkylation sites (tertiary alicyclic amines) is 1. The minimum Gasteiger partial charge on any atom is -0.337 e. The van der Waals surface area contributed by atoms with Crippen LogP contribution in [0.2, 0.25) is 0 Å². The van der Waals surface area contributed by atoms with Crippen molar-refractivity contribution in [1.29, 1.82) is 5.26 Å². The summed E-state index contributed by atoms with van der Waals surface area (Å²) in [6, 6.07) is 4.41. The van der Waals surface area contributed by atoms with Gasteiger partial charge in [-0.15, -0.1) is 0 Å². The van der Waals surface area contributed by atoms with Crippen LogP contribution in [-0.2, 0) is 4.79 Å². The van der Waals surface area contributed by atoms with E-state index < -0.39 is 5.54 Å². The normalized spacial score (nSPS) is 24.3. The number of rotatable bonds is 4. The van der Waals surface area contributed by atoms with Gasteiger partial charge in [-0.25, -0.2) is 0 Å². The fourth-order valence-electron chi connectivity index (χ4n) is 3.84. The summed E-state index contributed by atoms with van der Waals surface area (Å²) in [6.07, 6.45) is 5.81. The lowest BCUT2D eigenvalue weighted by Crippen LogP contribution is -2.50. The maximum Gasteiger partial charge on any atom is 0.235 e. The molecule has 0 aromatic carbocycles. The minimum absolute atomic E-state index is 0.0210. The predicted molar refractivity (Wildman–Crippen MR) is 86.7 cm³/mol. The number of hydrogen-bond donors (Lipinski definition) is 2. The van der Waals surface area contributed by atoms with E-state index in [1.54, 1.807) is 0 Å². The molecule has 2 heterocycles. The van der Waals surface area contributed by atoms with Crippen molar-refractivity contribution >= 4 is 5.91 Å². The fraction of sp³-hybridized carbons (Fsp3) is 0.706. The molecular weight excluding hydrogens is 290 g/mol. The third kappa shape index (κ3) is 3.73. The monoisotopic (exact) mass is 315 g/mol. The summed E-state index contributed by atoms with van der Waals surface area (Å²) in [6.45, 7) is 4.18. The Bertz CT molecular complexity index is 596. The van der Waals surface area contributed by atoms with Crippen LogP contribution in [0.15, 0.2) is 6.07 Å². The standard InChI is InChI=1S/C17H25N5O/c1-13-9-15(21-20-13)14-5-4-8-22(10-14)11-16(23)19-17(12-18)6-2-3-7-17/h9,14H,2-8,10-11H2,1H3,(H,19,23)(H,20,21)/t14-/m1/s1. The van der Waals surface area contributed by atoms with Gasteiger partial charge in [0.2, 0.25) is 5.91 Å². The van der Waals surface area contributed by atoms with E-state index >= 15 is 0 Å². The Balaban J connectivity index is 1.55. The Kier molecular flexibility index (Phi) is 4.67. The maximum atomic E-state index is 12.4. The topological polar surface area (TPSA) is 84.8 Å². The molecule has 3 rings (SSSR count). The molecular formula is C17H25N5O. The first-order chi connectivity index (χ1) is 11.1. The van der Waals surface area contributed by atoms with Crippen molar-refractivity contribution < 1.29 is 4.79 Å². The molecule has 1 atom stereocenters. The van der Waals surface area contributed by atoms with Gasteiger partial charge in [0, 0.05) is 18.2 Å². The van der Waals surface area contributed by atoms with Crippen LogP contribution in [0.3, 0.4) is 0 Å². The Morgan fingerprint density at radius 2 is 2.30 bits per heavy atom. The summed E-state index contributed by atoms with van der Waals surface area (Å²) in [7, 11) is 0. The Hall–Kier alpha value is -1.87. The van der Waals surface area contributed by atoms with Gasteiger partial charge in [0.05, 0.1) is 18.3 Å². The summed E-state index contributed by atoms with van der Waals surface area (Å²) in [5.41, 5.74) is 1.55. The highest BCUT2D eigenvalue weighted by atomic mass is 16.2. The lowest BCUT2D eigenvalue weighted by Gasteiger charge is -2.32. The molecule has 124 valence electrons. The fourth-order valence-corrected chi connectivity index (χ4v) is 3.84. The first kappa shape index (κ1) is 16.0. The van der Waals surface area contributed by atoms with Crippen LogP contribution in [0.4, 0.5) is 0 Å². The number of hydrogen-bond acceptors (Lipinski definition) is 4. The molecule has 1 saturated carbocycles. The van der Waals surface area contributed by atoms with Crippen molar-refractivity contribution in [3.05, 3.63) is 17.5 Å². The molecule has 1 saturated heterocycles. The average Bonchev–Trinajstić information content (AvgIpc) is 3.17. The molecule has 6 heteroatoms. The smallest absolute Gasteiger partial charge is 0.235 e. The zero-order valence-electron chi connectivity index (χ0n) is 13.8. The molecule has 2 N–H and O–H groups in total. The van der Waals surface area contributed by atoms with Crippen molar-refractivity contribution in [2.24, 2.45) is 0 Å². The number of H-pyrrole nitrogens is 1. The third-order valence-corrected chi connectivity index (χ3v) is 5.07.